The highest BCUT2D eigenvalue weighted by atomic mass is 32.2. The van der Waals surface area contributed by atoms with Crippen molar-refractivity contribution in [2.75, 3.05) is 19.6 Å². The molecule has 4 rings (SSSR count). The summed E-state index contributed by atoms with van der Waals surface area (Å²) in [6, 6.07) is 3.32. The lowest BCUT2D eigenvalue weighted by Crippen LogP contribution is -2.44. The molecule has 9 heteroatoms. The number of thiophene rings is 1. The van der Waals surface area contributed by atoms with Gasteiger partial charge in [-0.3, -0.25) is 9.89 Å². The molecule has 2 N–H and O–H groups in total. The van der Waals surface area contributed by atoms with Gasteiger partial charge in [-0.15, -0.1) is 11.3 Å². The van der Waals surface area contributed by atoms with Crippen molar-refractivity contribution in [3.05, 3.63) is 34.5 Å². The molecule has 1 aliphatic heterocycles. The summed E-state index contributed by atoms with van der Waals surface area (Å²) in [6.07, 6.45) is 4.73. The highest BCUT2D eigenvalue weighted by molar-refractivity contribution is 7.91. The zero-order chi connectivity index (χ0) is 18.1. The molecule has 1 fully saturated rings. The number of carbonyl (C=O) groups excluding carboxylic acids is 1. The maximum absolute atomic E-state index is 12.9. The molecule has 1 aliphatic carbocycles. The number of carbonyl (C=O) groups is 1. The minimum Gasteiger partial charge on any atom is -0.337 e. The second-order valence-electron chi connectivity index (χ2n) is 6.93. The van der Waals surface area contributed by atoms with Crippen molar-refractivity contribution in [1.82, 2.24) is 19.8 Å². The number of nitrogens with zero attached hydrogens (tertiary/aromatic N) is 2. The number of likely N-dealkylation sites (tertiary alicyclic amines) is 1. The smallest absolute Gasteiger partial charge is 0.274 e. The zero-order valence-corrected chi connectivity index (χ0v) is 16.0. The van der Waals surface area contributed by atoms with Crippen LogP contribution in [0.3, 0.4) is 0 Å². The molecule has 1 saturated heterocycles. The van der Waals surface area contributed by atoms with Gasteiger partial charge in [-0.2, -0.15) is 5.10 Å². The molecule has 1 amide bonds. The number of rotatable bonds is 5. The molecule has 3 heterocycles. The Morgan fingerprint density at radius 1 is 1.38 bits per heavy atom. The van der Waals surface area contributed by atoms with E-state index in [0.717, 1.165) is 43.4 Å². The van der Waals surface area contributed by atoms with E-state index in [9.17, 15) is 13.2 Å². The predicted molar refractivity (Wildman–Crippen MR) is 98.7 cm³/mol. The first kappa shape index (κ1) is 17.7. The van der Waals surface area contributed by atoms with Gasteiger partial charge in [0, 0.05) is 30.9 Å². The van der Waals surface area contributed by atoms with E-state index in [1.54, 1.807) is 17.5 Å². The molecule has 1 atom stereocenters. The summed E-state index contributed by atoms with van der Waals surface area (Å²) < 4.78 is 27.6. The van der Waals surface area contributed by atoms with E-state index in [1.807, 2.05) is 4.90 Å². The van der Waals surface area contributed by atoms with Gasteiger partial charge in [0.25, 0.3) is 5.91 Å². The third-order valence-corrected chi connectivity index (χ3v) is 7.96. The van der Waals surface area contributed by atoms with E-state index in [-0.39, 0.29) is 11.8 Å². The van der Waals surface area contributed by atoms with Crippen molar-refractivity contribution in [2.45, 2.75) is 36.3 Å². The predicted octanol–water partition coefficient (Wildman–Crippen LogP) is 1.79. The number of aromatic nitrogens is 2. The van der Waals surface area contributed by atoms with E-state index in [2.05, 4.69) is 14.9 Å². The Hall–Kier alpha value is -1.71. The molecule has 2 aliphatic rings. The van der Waals surface area contributed by atoms with Gasteiger partial charge in [0.2, 0.25) is 10.0 Å². The number of aromatic amines is 1. The van der Waals surface area contributed by atoms with Crippen molar-refractivity contribution in [1.29, 1.82) is 0 Å². The number of hydrogen-bond acceptors (Lipinski definition) is 5. The summed E-state index contributed by atoms with van der Waals surface area (Å²) >= 11 is 1.20. The van der Waals surface area contributed by atoms with Crippen LogP contribution in [0.2, 0.25) is 0 Å². The summed E-state index contributed by atoms with van der Waals surface area (Å²) in [4.78, 5) is 14.7. The SMILES string of the molecule is O=C(c1n[nH]c2c1CCC2)N1CCC[C@H](CNS(=O)(=O)c2cccs2)C1. The Kier molecular flexibility index (Phi) is 4.85. The van der Waals surface area contributed by atoms with Crippen molar-refractivity contribution < 1.29 is 13.2 Å². The molecular weight excluding hydrogens is 372 g/mol. The molecule has 0 saturated carbocycles. The Morgan fingerprint density at radius 3 is 3.08 bits per heavy atom. The van der Waals surface area contributed by atoms with Gasteiger partial charge in [0.1, 0.15) is 4.21 Å². The highest BCUT2D eigenvalue weighted by Crippen LogP contribution is 2.25. The quantitative estimate of drug-likeness (QED) is 0.808. The first-order valence-corrected chi connectivity index (χ1v) is 11.3. The van der Waals surface area contributed by atoms with Crippen molar-refractivity contribution >= 4 is 27.3 Å². The number of amides is 1. The number of H-pyrrole nitrogens is 1. The number of hydrogen-bond donors (Lipinski definition) is 2. The van der Waals surface area contributed by atoms with Crippen LogP contribution in [-0.4, -0.2) is 49.1 Å². The Bertz CT molecular complexity index is 889. The van der Waals surface area contributed by atoms with Crippen LogP contribution in [0.4, 0.5) is 0 Å². The minimum absolute atomic E-state index is 0.0322. The third-order valence-electron chi connectivity index (χ3n) is 5.14. The molecule has 0 bridgehead atoms. The van der Waals surface area contributed by atoms with Gasteiger partial charge < -0.3 is 4.90 Å². The van der Waals surface area contributed by atoms with Crippen LogP contribution in [0.25, 0.3) is 0 Å². The highest BCUT2D eigenvalue weighted by Gasteiger charge is 2.30. The topological polar surface area (TPSA) is 95.2 Å². The zero-order valence-electron chi connectivity index (χ0n) is 14.4. The van der Waals surface area contributed by atoms with E-state index in [4.69, 9.17) is 0 Å². The first-order chi connectivity index (χ1) is 12.5. The number of aryl methyl sites for hydroxylation is 1. The standard InChI is InChI=1S/C17H22N4O3S2/c22-17(16-13-5-1-6-14(13)19-20-16)21-8-2-4-12(11-21)10-18-26(23,24)15-7-3-9-25-15/h3,7,9,12,18H,1-2,4-6,8,10-11H2,(H,19,20)/t12-/m1/s1. The van der Waals surface area contributed by atoms with Crippen molar-refractivity contribution in [3.8, 4) is 0 Å². The van der Waals surface area contributed by atoms with Crippen LogP contribution in [0.15, 0.2) is 21.7 Å². The Labute approximate surface area is 156 Å². The number of nitrogens with one attached hydrogen (secondary N) is 2. The Balaban J connectivity index is 1.39. The van der Waals surface area contributed by atoms with Gasteiger partial charge in [-0.1, -0.05) is 6.07 Å². The first-order valence-electron chi connectivity index (χ1n) is 8.93. The monoisotopic (exact) mass is 394 g/mol. The van der Waals surface area contributed by atoms with Gasteiger partial charge >= 0.3 is 0 Å². The van der Waals surface area contributed by atoms with Crippen molar-refractivity contribution in [2.24, 2.45) is 5.92 Å². The molecule has 0 unspecified atom stereocenters. The van der Waals surface area contributed by atoms with E-state index >= 15 is 0 Å². The molecular formula is C17H22N4O3S2. The van der Waals surface area contributed by atoms with E-state index in [0.29, 0.717) is 29.5 Å². The van der Waals surface area contributed by atoms with Crippen LogP contribution in [-0.2, 0) is 22.9 Å². The van der Waals surface area contributed by atoms with Crippen LogP contribution < -0.4 is 4.72 Å². The van der Waals surface area contributed by atoms with Crippen LogP contribution in [0, 0.1) is 5.92 Å². The summed E-state index contributed by atoms with van der Waals surface area (Å²) in [5.74, 6) is 0.0876. The summed E-state index contributed by atoms with van der Waals surface area (Å²) in [7, 11) is -3.46. The van der Waals surface area contributed by atoms with Gasteiger partial charge in [0.15, 0.2) is 5.69 Å². The fourth-order valence-corrected chi connectivity index (χ4v) is 5.93. The number of piperidine rings is 1. The molecule has 0 radical (unpaired) electrons. The maximum Gasteiger partial charge on any atom is 0.274 e. The molecule has 2 aromatic rings. The lowest BCUT2D eigenvalue weighted by Gasteiger charge is -2.32. The number of sulfonamides is 1. The van der Waals surface area contributed by atoms with Gasteiger partial charge in [-0.25, -0.2) is 13.1 Å². The van der Waals surface area contributed by atoms with E-state index in [1.165, 1.54) is 11.3 Å². The molecule has 0 aromatic carbocycles. The van der Waals surface area contributed by atoms with Gasteiger partial charge in [0.05, 0.1) is 0 Å². The minimum atomic E-state index is -3.46. The Morgan fingerprint density at radius 2 is 2.27 bits per heavy atom. The molecule has 140 valence electrons. The molecule has 26 heavy (non-hydrogen) atoms. The van der Waals surface area contributed by atoms with E-state index < -0.39 is 10.0 Å². The second-order valence-corrected chi connectivity index (χ2v) is 9.87. The van der Waals surface area contributed by atoms with Crippen LogP contribution in [0.5, 0.6) is 0 Å². The number of fused-ring (bicyclic) bond motifs is 1. The average Bonchev–Trinajstić information content (AvgIpc) is 3.37. The summed E-state index contributed by atoms with van der Waals surface area (Å²) in [5.41, 5.74) is 2.71. The molecule has 2 aromatic heterocycles. The second kappa shape index (κ2) is 7.13. The molecule has 0 spiro atoms. The fraction of sp³-hybridized carbons (Fsp3) is 0.529. The fourth-order valence-electron chi connectivity index (χ4n) is 3.78. The lowest BCUT2D eigenvalue weighted by molar-refractivity contribution is 0.0669. The third kappa shape index (κ3) is 3.43. The molecule has 7 nitrogen and oxygen atoms in total. The summed E-state index contributed by atoms with van der Waals surface area (Å²) in [6.45, 7) is 1.62. The summed E-state index contributed by atoms with van der Waals surface area (Å²) in [5, 5.41) is 8.97. The van der Waals surface area contributed by atoms with Crippen LogP contribution in [0.1, 0.15) is 41.0 Å². The largest absolute Gasteiger partial charge is 0.337 e. The lowest BCUT2D eigenvalue weighted by atomic mass is 9.98. The van der Waals surface area contributed by atoms with Crippen molar-refractivity contribution in [3.63, 3.8) is 0 Å². The maximum atomic E-state index is 12.9. The normalized spacial score (nSPS) is 20.3. The average molecular weight is 395 g/mol. The van der Waals surface area contributed by atoms with Gasteiger partial charge in [-0.05, 0) is 49.5 Å². The van der Waals surface area contributed by atoms with Crippen LogP contribution >= 0.6 is 11.3 Å².